The van der Waals surface area contributed by atoms with E-state index in [1.54, 1.807) is 17.2 Å². The predicted molar refractivity (Wildman–Crippen MR) is 85.5 cm³/mol. The van der Waals surface area contributed by atoms with Crippen molar-refractivity contribution in [2.75, 3.05) is 13.1 Å². The average Bonchev–Trinajstić information content (AvgIpc) is 3.25. The smallest absolute Gasteiger partial charge is 0.316 e. The van der Waals surface area contributed by atoms with Gasteiger partial charge in [0.25, 0.3) is 0 Å². The summed E-state index contributed by atoms with van der Waals surface area (Å²) in [5, 5.41) is 14.6. The predicted octanol–water partition coefficient (Wildman–Crippen LogP) is 1.86. The highest BCUT2D eigenvalue weighted by molar-refractivity contribution is 6.37. The standard InChI is InChI=1S/C15H14ClN5O3/c16-11-9-1-4-17-12(9)18-7-10(11)13-19-14(24-20-13)15(23)21-5-2-8(22)3-6-21/h1,4,7-8,22H,2-3,5-6H2,(H,17,18). The minimum Gasteiger partial charge on any atom is -0.393 e. The second-order valence-electron chi connectivity index (χ2n) is 5.67. The molecule has 1 amide bonds. The number of pyridine rings is 1. The highest BCUT2D eigenvalue weighted by Crippen LogP contribution is 2.31. The van der Waals surface area contributed by atoms with E-state index < -0.39 is 0 Å². The number of nitrogens with one attached hydrogen (secondary N) is 1. The lowest BCUT2D eigenvalue weighted by Gasteiger charge is -2.28. The summed E-state index contributed by atoms with van der Waals surface area (Å²) in [6, 6.07) is 1.80. The van der Waals surface area contributed by atoms with Gasteiger partial charge in [-0.1, -0.05) is 16.8 Å². The number of halogens is 1. The number of aliphatic hydroxyl groups excluding tert-OH is 1. The van der Waals surface area contributed by atoms with Gasteiger partial charge in [0.2, 0.25) is 5.82 Å². The summed E-state index contributed by atoms with van der Waals surface area (Å²) in [6.45, 7) is 0.935. The van der Waals surface area contributed by atoms with E-state index in [0.717, 1.165) is 5.39 Å². The van der Waals surface area contributed by atoms with E-state index in [1.807, 2.05) is 0 Å². The Morgan fingerprint density at radius 3 is 3.00 bits per heavy atom. The molecule has 4 rings (SSSR count). The number of likely N-dealkylation sites (tertiary alicyclic amines) is 1. The third kappa shape index (κ3) is 2.53. The van der Waals surface area contributed by atoms with Crippen molar-refractivity contribution in [2.45, 2.75) is 18.9 Å². The molecule has 9 heteroatoms. The largest absolute Gasteiger partial charge is 0.393 e. The van der Waals surface area contributed by atoms with E-state index in [1.165, 1.54) is 6.20 Å². The number of H-pyrrole nitrogens is 1. The van der Waals surface area contributed by atoms with Crippen LogP contribution in [0.15, 0.2) is 23.0 Å². The minimum atomic E-state index is -0.356. The first-order valence-corrected chi connectivity index (χ1v) is 7.94. The molecular weight excluding hydrogens is 334 g/mol. The number of aromatic amines is 1. The molecule has 124 valence electrons. The Hall–Kier alpha value is -2.45. The Kier molecular flexibility index (Phi) is 3.70. The quantitative estimate of drug-likeness (QED) is 0.732. The van der Waals surface area contributed by atoms with E-state index >= 15 is 0 Å². The van der Waals surface area contributed by atoms with E-state index in [-0.39, 0.29) is 23.7 Å². The second kappa shape index (κ2) is 5.88. The number of carbonyl (C=O) groups is 1. The number of hydrogen-bond acceptors (Lipinski definition) is 6. The lowest BCUT2D eigenvalue weighted by molar-refractivity contribution is 0.0505. The van der Waals surface area contributed by atoms with Crippen LogP contribution in [-0.2, 0) is 0 Å². The number of nitrogens with zero attached hydrogens (tertiary/aromatic N) is 4. The molecular formula is C15H14ClN5O3. The van der Waals surface area contributed by atoms with Gasteiger partial charge in [0.15, 0.2) is 0 Å². The fraction of sp³-hybridized carbons (Fsp3) is 0.333. The molecule has 8 nitrogen and oxygen atoms in total. The maximum atomic E-state index is 12.4. The first-order chi connectivity index (χ1) is 11.6. The fourth-order valence-corrected chi connectivity index (χ4v) is 3.04. The van der Waals surface area contributed by atoms with Crippen LogP contribution in [0.5, 0.6) is 0 Å². The molecule has 1 fully saturated rings. The molecule has 0 aliphatic carbocycles. The van der Waals surface area contributed by atoms with Crippen molar-refractivity contribution in [2.24, 2.45) is 0 Å². The van der Waals surface area contributed by atoms with Gasteiger partial charge < -0.3 is 19.5 Å². The molecule has 24 heavy (non-hydrogen) atoms. The summed E-state index contributed by atoms with van der Waals surface area (Å²) in [6.07, 6.45) is 4.02. The number of hydrogen-bond donors (Lipinski definition) is 2. The van der Waals surface area contributed by atoms with E-state index in [0.29, 0.717) is 42.2 Å². The molecule has 0 unspecified atom stereocenters. The summed E-state index contributed by atoms with van der Waals surface area (Å²) in [7, 11) is 0. The zero-order valence-electron chi connectivity index (χ0n) is 12.6. The summed E-state index contributed by atoms with van der Waals surface area (Å²) in [5.74, 6) is -0.213. The van der Waals surface area contributed by atoms with E-state index in [2.05, 4.69) is 20.1 Å². The van der Waals surface area contributed by atoms with Gasteiger partial charge in [-0.25, -0.2) is 4.98 Å². The number of rotatable bonds is 2. The van der Waals surface area contributed by atoms with Gasteiger partial charge in [0.1, 0.15) is 5.65 Å². The monoisotopic (exact) mass is 347 g/mol. The molecule has 0 spiro atoms. The zero-order valence-corrected chi connectivity index (χ0v) is 13.3. The SMILES string of the molecule is O=C(c1nc(-c2cnc3[nH]ccc3c2Cl)no1)N1CCC(O)CC1. The van der Waals surface area contributed by atoms with Crippen molar-refractivity contribution in [3.63, 3.8) is 0 Å². The molecule has 4 heterocycles. The van der Waals surface area contributed by atoms with Crippen molar-refractivity contribution in [1.82, 2.24) is 25.0 Å². The normalized spacial score (nSPS) is 16.0. The first-order valence-electron chi connectivity index (χ1n) is 7.56. The van der Waals surface area contributed by atoms with Crippen molar-refractivity contribution < 1.29 is 14.4 Å². The molecule has 1 saturated heterocycles. The van der Waals surface area contributed by atoms with Crippen LogP contribution in [0.3, 0.4) is 0 Å². The Bertz CT molecular complexity index is 898. The van der Waals surface area contributed by atoms with Crippen molar-refractivity contribution in [3.8, 4) is 11.4 Å². The number of carbonyl (C=O) groups excluding carboxylic acids is 1. The Labute approximate surface area is 141 Å². The van der Waals surface area contributed by atoms with Gasteiger partial charge in [0.05, 0.1) is 16.7 Å². The van der Waals surface area contributed by atoms with Crippen molar-refractivity contribution in [1.29, 1.82) is 0 Å². The zero-order chi connectivity index (χ0) is 16.7. The molecule has 0 bridgehead atoms. The Balaban J connectivity index is 1.62. The highest BCUT2D eigenvalue weighted by Gasteiger charge is 2.27. The molecule has 1 aliphatic heterocycles. The second-order valence-corrected chi connectivity index (χ2v) is 6.05. The number of fused-ring (bicyclic) bond motifs is 1. The number of aliphatic hydroxyl groups is 1. The Morgan fingerprint density at radius 1 is 1.42 bits per heavy atom. The summed E-state index contributed by atoms with van der Waals surface area (Å²) >= 11 is 6.37. The van der Waals surface area contributed by atoms with Crippen LogP contribution in [0, 0.1) is 0 Å². The van der Waals surface area contributed by atoms with Crippen LogP contribution in [0.2, 0.25) is 5.02 Å². The van der Waals surface area contributed by atoms with Crippen LogP contribution in [0.4, 0.5) is 0 Å². The summed E-state index contributed by atoms with van der Waals surface area (Å²) < 4.78 is 5.10. The van der Waals surface area contributed by atoms with Gasteiger partial charge in [-0.3, -0.25) is 4.79 Å². The third-order valence-corrected chi connectivity index (χ3v) is 4.53. The molecule has 3 aromatic rings. The van der Waals surface area contributed by atoms with Crippen molar-refractivity contribution >= 4 is 28.5 Å². The summed E-state index contributed by atoms with van der Waals surface area (Å²) in [5.41, 5.74) is 1.16. The van der Waals surface area contributed by atoms with Crippen molar-refractivity contribution in [3.05, 3.63) is 29.4 Å². The summed E-state index contributed by atoms with van der Waals surface area (Å²) in [4.78, 5) is 25.4. The van der Waals surface area contributed by atoms with E-state index in [4.69, 9.17) is 16.1 Å². The lowest BCUT2D eigenvalue weighted by atomic mass is 10.1. The Morgan fingerprint density at radius 2 is 2.21 bits per heavy atom. The lowest BCUT2D eigenvalue weighted by Crippen LogP contribution is -2.40. The van der Waals surface area contributed by atoms with Gasteiger partial charge in [-0.2, -0.15) is 4.98 Å². The molecule has 0 atom stereocenters. The topological polar surface area (TPSA) is 108 Å². The van der Waals surface area contributed by atoms with Crippen LogP contribution in [0.25, 0.3) is 22.4 Å². The van der Waals surface area contributed by atoms with Gasteiger partial charge >= 0.3 is 11.8 Å². The van der Waals surface area contributed by atoms with Gasteiger partial charge in [-0.05, 0) is 18.9 Å². The van der Waals surface area contributed by atoms with Crippen LogP contribution < -0.4 is 0 Å². The highest BCUT2D eigenvalue weighted by atomic mass is 35.5. The number of amides is 1. The molecule has 0 aromatic carbocycles. The minimum absolute atomic E-state index is 0.0911. The maximum Gasteiger partial charge on any atom is 0.316 e. The van der Waals surface area contributed by atoms with Crippen LogP contribution in [0.1, 0.15) is 23.5 Å². The molecule has 0 radical (unpaired) electrons. The molecule has 1 aliphatic rings. The van der Waals surface area contributed by atoms with Gasteiger partial charge in [-0.15, -0.1) is 0 Å². The molecule has 2 N–H and O–H groups in total. The average molecular weight is 348 g/mol. The van der Waals surface area contributed by atoms with Crippen LogP contribution in [-0.4, -0.2) is 55.2 Å². The van der Waals surface area contributed by atoms with Crippen LogP contribution >= 0.6 is 11.6 Å². The maximum absolute atomic E-state index is 12.4. The van der Waals surface area contributed by atoms with Gasteiger partial charge in [0, 0.05) is 30.9 Å². The third-order valence-electron chi connectivity index (χ3n) is 4.12. The van der Waals surface area contributed by atoms with E-state index in [9.17, 15) is 9.90 Å². The fourth-order valence-electron chi connectivity index (χ4n) is 2.76. The molecule has 0 saturated carbocycles. The molecule has 3 aromatic heterocycles. The first kappa shape index (κ1) is 15.1. The number of aromatic nitrogens is 4. The number of piperidine rings is 1.